The molecule has 2 fully saturated rings. The van der Waals surface area contributed by atoms with Crippen LogP contribution in [-0.2, 0) is 6.61 Å². The Morgan fingerprint density at radius 2 is 1.79 bits per heavy atom. The molecule has 0 unspecified atom stereocenters. The largest absolute Gasteiger partial charge is 0.390 e. The summed E-state index contributed by atoms with van der Waals surface area (Å²) in [6.45, 7) is 2.29. The van der Waals surface area contributed by atoms with Crippen LogP contribution in [0.4, 0.5) is 5.82 Å². The number of pyridine rings is 1. The molecule has 2 heterocycles. The lowest BCUT2D eigenvalue weighted by Gasteiger charge is -2.44. The predicted octanol–water partition coefficient (Wildman–Crippen LogP) is 3.12. The predicted molar refractivity (Wildman–Crippen MR) is 77.1 cm³/mol. The molecule has 1 saturated carbocycles. The number of aromatic nitrogens is 1. The Labute approximate surface area is 115 Å². The lowest BCUT2D eigenvalue weighted by Crippen LogP contribution is -2.41. The summed E-state index contributed by atoms with van der Waals surface area (Å²) < 4.78 is 0. The monoisotopic (exact) mass is 260 g/mol. The van der Waals surface area contributed by atoms with E-state index in [2.05, 4.69) is 16.0 Å². The van der Waals surface area contributed by atoms with Gasteiger partial charge in [-0.05, 0) is 43.2 Å². The lowest BCUT2D eigenvalue weighted by molar-refractivity contribution is 0.144. The zero-order valence-electron chi connectivity index (χ0n) is 11.6. The molecule has 104 valence electrons. The molecular weight excluding hydrogens is 236 g/mol. The van der Waals surface area contributed by atoms with Crippen molar-refractivity contribution in [2.45, 2.75) is 51.6 Å². The summed E-state index contributed by atoms with van der Waals surface area (Å²) in [5.41, 5.74) is 1.42. The van der Waals surface area contributed by atoms with Gasteiger partial charge in [0, 0.05) is 13.1 Å². The topological polar surface area (TPSA) is 36.4 Å². The van der Waals surface area contributed by atoms with Gasteiger partial charge in [0.15, 0.2) is 0 Å². The number of anilines is 1. The number of aliphatic hydroxyl groups is 1. The van der Waals surface area contributed by atoms with Crippen LogP contribution < -0.4 is 4.90 Å². The van der Waals surface area contributed by atoms with Crippen LogP contribution in [0.25, 0.3) is 0 Å². The molecule has 1 aromatic heterocycles. The van der Waals surface area contributed by atoms with Crippen LogP contribution >= 0.6 is 0 Å². The molecule has 1 N–H and O–H groups in total. The molecule has 0 bridgehead atoms. The fourth-order valence-corrected chi connectivity index (χ4v) is 3.74. The Morgan fingerprint density at radius 1 is 1.05 bits per heavy atom. The van der Waals surface area contributed by atoms with Crippen molar-refractivity contribution in [1.29, 1.82) is 0 Å². The molecule has 1 aliphatic carbocycles. The van der Waals surface area contributed by atoms with Crippen LogP contribution in [-0.4, -0.2) is 23.2 Å². The minimum absolute atomic E-state index is 0.0334. The van der Waals surface area contributed by atoms with Crippen LogP contribution in [0.5, 0.6) is 0 Å². The molecule has 0 aromatic carbocycles. The molecule has 3 heteroatoms. The van der Waals surface area contributed by atoms with Gasteiger partial charge in [-0.25, -0.2) is 4.98 Å². The summed E-state index contributed by atoms with van der Waals surface area (Å²) in [4.78, 5) is 6.91. The van der Waals surface area contributed by atoms with Crippen LogP contribution in [0.15, 0.2) is 18.2 Å². The highest BCUT2D eigenvalue weighted by Crippen LogP contribution is 2.44. The van der Waals surface area contributed by atoms with Gasteiger partial charge in [0.2, 0.25) is 0 Å². The highest BCUT2D eigenvalue weighted by atomic mass is 16.3. The Bertz CT molecular complexity index is 417. The molecule has 1 saturated heterocycles. The van der Waals surface area contributed by atoms with Gasteiger partial charge in [0.1, 0.15) is 5.82 Å². The van der Waals surface area contributed by atoms with Gasteiger partial charge in [-0.2, -0.15) is 0 Å². The third kappa shape index (κ3) is 2.76. The molecule has 1 aliphatic heterocycles. The van der Waals surface area contributed by atoms with E-state index in [9.17, 15) is 5.11 Å². The van der Waals surface area contributed by atoms with Gasteiger partial charge in [0.25, 0.3) is 0 Å². The molecule has 19 heavy (non-hydrogen) atoms. The second-order valence-electron chi connectivity index (χ2n) is 6.19. The minimum atomic E-state index is 0.0334. The molecule has 1 aromatic rings. The minimum Gasteiger partial charge on any atom is -0.390 e. The first-order valence-electron chi connectivity index (χ1n) is 7.63. The smallest absolute Gasteiger partial charge is 0.128 e. The number of piperidine rings is 1. The third-order valence-corrected chi connectivity index (χ3v) is 5.02. The van der Waals surface area contributed by atoms with Crippen molar-refractivity contribution in [2.75, 3.05) is 18.0 Å². The number of hydrogen-bond donors (Lipinski definition) is 1. The van der Waals surface area contributed by atoms with Crippen molar-refractivity contribution >= 4 is 5.82 Å². The zero-order valence-corrected chi connectivity index (χ0v) is 11.6. The summed E-state index contributed by atoms with van der Waals surface area (Å²) in [5, 5.41) is 9.18. The Kier molecular flexibility index (Phi) is 3.74. The molecule has 0 amide bonds. The number of aliphatic hydroxyl groups excluding tert-OH is 1. The zero-order chi connectivity index (χ0) is 13.1. The van der Waals surface area contributed by atoms with E-state index in [4.69, 9.17) is 0 Å². The maximum atomic E-state index is 9.18. The normalized spacial score (nSPS) is 22.7. The quantitative estimate of drug-likeness (QED) is 0.887. The summed E-state index contributed by atoms with van der Waals surface area (Å²) in [7, 11) is 0. The maximum absolute atomic E-state index is 9.18. The average Bonchev–Trinajstić information content (AvgIpc) is 2.49. The van der Waals surface area contributed by atoms with Crippen molar-refractivity contribution in [3.8, 4) is 0 Å². The molecule has 3 nitrogen and oxygen atoms in total. The van der Waals surface area contributed by atoms with Gasteiger partial charge >= 0.3 is 0 Å². The Hall–Kier alpha value is -1.09. The molecule has 3 rings (SSSR count). The van der Waals surface area contributed by atoms with E-state index < -0.39 is 0 Å². The Morgan fingerprint density at radius 3 is 2.47 bits per heavy atom. The third-order valence-electron chi connectivity index (χ3n) is 5.02. The second kappa shape index (κ2) is 5.49. The van der Waals surface area contributed by atoms with Crippen molar-refractivity contribution < 1.29 is 5.11 Å². The van der Waals surface area contributed by atoms with E-state index in [1.165, 1.54) is 44.9 Å². The fourth-order valence-electron chi connectivity index (χ4n) is 3.74. The van der Waals surface area contributed by atoms with Crippen molar-refractivity contribution in [3.05, 3.63) is 23.9 Å². The van der Waals surface area contributed by atoms with Crippen LogP contribution in [0.3, 0.4) is 0 Å². The highest BCUT2D eigenvalue weighted by molar-refractivity contribution is 5.39. The standard InChI is InChI=1S/C16H24N2O/c19-13-14-5-4-6-15(17-14)18-11-9-16(10-12-18)7-2-1-3-8-16/h4-6,19H,1-3,7-13H2. The van der Waals surface area contributed by atoms with E-state index >= 15 is 0 Å². The van der Waals surface area contributed by atoms with Gasteiger partial charge in [-0.1, -0.05) is 25.3 Å². The lowest BCUT2D eigenvalue weighted by atomic mass is 9.68. The van der Waals surface area contributed by atoms with Crippen LogP contribution in [0, 0.1) is 5.41 Å². The van der Waals surface area contributed by atoms with Gasteiger partial charge in [-0.15, -0.1) is 0 Å². The first-order valence-corrected chi connectivity index (χ1v) is 7.63. The van der Waals surface area contributed by atoms with Gasteiger partial charge < -0.3 is 10.0 Å². The second-order valence-corrected chi connectivity index (χ2v) is 6.19. The van der Waals surface area contributed by atoms with E-state index in [-0.39, 0.29) is 6.61 Å². The fraction of sp³-hybridized carbons (Fsp3) is 0.688. The van der Waals surface area contributed by atoms with Crippen molar-refractivity contribution in [1.82, 2.24) is 4.98 Å². The van der Waals surface area contributed by atoms with Gasteiger partial charge in [-0.3, -0.25) is 0 Å². The maximum Gasteiger partial charge on any atom is 0.128 e. The van der Waals surface area contributed by atoms with E-state index in [0.717, 1.165) is 24.6 Å². The SMILES string of the molecule is OCc1cccc(N2CCC3(CCCCC3)CC2)n1. The summed E-state index contributed by atoms with van der Waals surface area (Å²) in [5.74, 6) is 1.04. The number of nitrogens with zero attached hydrogens (tertiary/aromatic N) is 2. The average molecular weight is 260 g/mol. The Balaban J connectivity index is 1.65. The van der Waals surface area contributed by atoms with Crippen molar-refractivity contribution in [3.63, 3.8) is 0 Å². The van der Waals surface area contributed by atoms with E-state index in [0.29, 0.717) is 5.41 Å². The van der Waals surface area contributed by atoms with Gasteiger partial charge in [0.05, 0.1) is 12.3 Å². The first kappa shape index (κ1) is 12.9. The van der Waals surface area contributed by atoms with E-state index in [1.807, 2.05) is 12.1 Å². The van der Waals surface area contributed by atoms with Crippen molar-refractivity contribution in [2.24, 2.45) is 5.41 Å². The number of hydrogen-bond acceptors (Lipinski definition) is 3. The molecule has 0 atom stereocenters. The summed E-state index contributed by atoms with van der Waals surface area (Å²) in [6, 6.07) is 5.95. The first-order chi connectivity index (χ1) is 9.31. The van der Waals surface area contributed by atoms with Crippen LogP contribution in [0.2, 0.25) is 0 Å². The summed E-state index contributed by atoms with van der Waals surface area (Å²) in [6.07, 6.45) is 9.80. The molecule has 1 spiro atoms. The molecular formula is C16H24N2O. The van der Waals surface area contributed by atoms with E-state index in [1.54, 1.807) is 0 Å². The highest BCUT2D eigenvalue weighted by Gasteiger charge is 2.35. The number of rotatable bonds is 2. The molecule has 2 aliphatic rings. The molecule has 0 radical (unpaired) electrons. The summed E-state index contributed by atoms with van der Waals surface area (Å²) >= 11 is 0. The van der Waals surface area contributed by atoms with Crippen LogP contribution in [0.1, 0.15) is 50.6 Å².